The van der Waals surface area contributed by atoms with Crippen LogP contribution in [0.4, 0.5) is 5.69 Å². The second kappa shape index (κ2) is 10.9. The number of rotatable bonds is 6. The Bertz CT molecular complexity index is 1190. The Balaban J connectivity index is 1.39. The number of pyridine rings is 1. The van der Waals surface area contributed by atoms with Crippen molar-refractivity contribution in [3.05, 3.63) is 64.0 Å². The van der Waals surface area contributed by atoms with Crippen LogP contribution in [0.5, 0.6) is 0 Å². The zero-order chi connectivity index (χ0) is 24.1. The summed E-state index contributed by atoms with van der Waals surface area (Å²) in [5.74, 6) is 0.679. The quantitative estimate of drug-likeness (QED) is 0.391. The molecule has 1 aliphatic rings. The molecule has 178 valence electrons. The van der Waals surface area contributed by atoms with Crippen LogP contribution in [-0.4, -0.2) is 55.3 Å². The molecule has 0 atom stereocenters. The highest BCUT2D eigenvalue weighted by Crippen LogP contribution is 2.30. The summed E-state index contributed by atoms with van der Waals surface area (Å²) in [7, 11) is 0. The molecule has 3 aromatic rings. The summed E-state index contributed by atoms with van der Waals surface area (Å²) in [6, 6.07) is 5.60. The van der Waals surface area contributed by atoms with Crippen molar-refractivity contribution in [2.24, 2.45) is 0 Å². The number of nitrogens with zero attached hydrogens (tertiary/aromatic N) is 5. The van der Waals surface area contributed by atoms with E-state index in [1.54, 1.807) is 28.3 Å². The number of likely N-dealkylation sites (tertiary alicyclic amines) is 1. The van der Waals surface area contributed by atoms with E-state index in [4.69, 9.17) is 12.2 Å². The van der Waals surface area contributed by atoms with Crippen molar-refractivity contribution in [2.75, 3.05) is 25.0 Å². The Morgan fingerprint density at radius 1 is 1.32 bits per heavy atom. The molecule has 0 spiro atoms. The van der Waals surface area contributed by atoms with Gasteiger partial charge >= 0.3 is 0 Å². The normalized spacial score (nSPS) is 14.5. The van der Waals surface area contributed by atoms with Crippen LogP contribution in [0.15, 0.2) is 41.9 Å². The Kier molecular flexibility index (Phi) is 7.69. The van der Waals surface area contributed by atoms with E-state index >= 15 is 0 Å². The van der Waals surface area contributed by atoms with Crippen molar-refractivity contribution in [1.29, 1.82) is 0 Å². The molecule has 0 radical (unpaired) electrons. The molecule has 0 bridgehead atoms. The number of piperidine rings is 1. The van der Waals surface area contributed by atoms with Crippen LogP contribution in [0, 0.1) is 13.8 Å². The average molecular weight is 496 g/mol. The van der Waals surface area contributed by atoms with Crippen LogP contribution >= 0.6 is 23.6 Å². The molecule has 3 aromatic heterocycles. The monoisotopic (exact) mass is 495 g/mol. The Morgan fingerprint density at radius 3 is 2.82 bits per heavy atom. The number of anilines is 1. The molecule has 1 aliphatic heterocycles. The number of aryl methyl sites for hydroxylation is 2. The van der Waals surface area contributed by atoms with Crippen molar-refractivity contribution < 1.29 is 4.79 Å². The number of allylic oxidation sites excluding steroid dienone is 1. The van der Waals surface area contributed by atoms with Crippen molar-refractivity contribution in [3.8, 4) is 5.82 Å². The number of carbonyl (C=O) groups excluding carboxylic acids is 1. The first kappa shape index (κ1) is 24.0. The molecule has 1 amide bonds. The third-order valence-electron chi connectivity index (χ3n) is 5.74. The van der Waals surface area contributed by atoms with Crippen LogP contribution in [0.2, 0.25) is 0 Å². The summed E-state index contributed by atoms with van der Waals surface area (Å²) >= 11 is 7.05. The van der Waals surface area contributed by atoms with Crippen LogP contribution in [0.1, 0.15) is 52.6 Å². The predicted octanol–water partition coefficient (Wildman–Crippen LogP) is 4.22. The molecule has 0 saturated carbocycles. The van der Waals surface area contributed by atoms with Gasteiger partial charge in [-0.3, -0.25) is 4.79 Å². The van der Waals surface area contributed by atoms with Crippen LogP contribution in [-0.2, 0) is 0 Å². The smallest absolute Gasteiger partial charge is 0.275 e. The van der Waals surface area contributed by atoms with Gasteiger partial charge in [-0.15, -0.1) is 11.3 Å². The molecule has 1 fully saturated rings. The van der Waals surface area contributed by atoms with Gasteiger partial charge in [0.25, 0.3) is 5.91 Å². The van der Waals surface area contributed by atoms with E-state index in [-0.39, 0.29) is 5.91 Å². The number of thiocarbonyl (C=S) groups is 1. The number of nitrogens with one attached hydrogen (secondary N) is 2. The molecule has 0 aliphatic carbocycles. The number of hydrogen-bond donors (Lipinski definition) is 2. The summed E-state index contributed by atoms with van der Waals surface area (Å²) in [4.78, 5) is 24.3. The number of amides is 1. The third-order valence-corrected chi connectivity index (χ3v) is 7.15. The maximum atomic E-state index is 13.0. The summed E-state index contributed by atoms with van der Waals surface area (Å²) in [6.07, 6.45) is 7.67. The average Bonchev–Trinajstić information content (AvgIpc) is 3.46. The molecule has 2 N–H and O–H groups in total. The third kappa shape index (κ3) is 5.51. The molecule has 4 heterocycles. The minimum atomic E-state index is -0.245. The van der Waals surface area contributed by atoms with E-state index in [2.05, 4.69) is 30.6 Å². The maximum Gasteiger partial charge on any atom is 0.275 e. The Morgan fingerprint density at radius 2 is 2.12 bits per heavy atom. The molecular weight excluding hydrogens is 466 g/mol. The largest absolute Gasteiger partial charge is 0.359 e. The first-order valence-corrected chi connectivity index (χ1v) is 12.6. The first-order chi connectivity index (χ1) is 16.5. The Labute approximate surface area is 209 Å². The van der Waals surface area contributed by atoms with E-state index in [0.29, 0.717) is 23.1 Å². The van der Waals surface area contributed by atoms with Crippen molar-refractivity contribution in [3.63, 3.8) is 0 Å². The molecule has 10 heteroatoms. The molecule has 4 rings (SSSR count). The van der Waals surface area contributed by atoms with Crippen LogP contribution in [0.3, 0.4) is 0 Å². The number of thiazole rings is 1. The van der Waals surface area contributed by atoms with Crippen molar-refractivity contribution in [2.45, 2.75) is 39.5 Å². The lowest BCUT2D eigenvalue weighted by Gasteiger charge is -2.33. The zero-order valence-corrected chi connectivity index (χ0v) is 21.2. The lowest BCUT2D eigenvalue weighted by molar-refractivity contribution is 0.102. The van der Waals surface area contributed by atoms with E-state index < -0.39 is 0 Å². The van der Waals surface area contributed by atoms with Crippen LogP contribution in [0.25, 0.3) is 5.82 Å². The Hall–Kier alpha value is -3.11. The van der Waals surface area contributed by atoms with Gasteiger partial charge in [0.2, 0.25) is 0 Å². The number of carbonyl (C=O) groups is 1. The summed E-state index contributed by atoms with van der Waals surface area (Å²) in [6.45, 7) is 8.40. The second-order valence-corrected chi connectivity index (χ2v) is 9.53. The minimum absolute atomic E-state index is 0.245. The highest BCUT2D eigenvalue weighted by atomic mass is 32.1. The summed E-state index contributed by atoms with van der Waals surface area (Å²) < 4.78 is 1.74. The first-order valence-electron chi connectivity index (χ1n) is 11.4. The van der Waals surface area contributed by atoms with Gasteiger partial charge in [0, 0.05) is 42.8 Å². The highest BCUT2D eigenvalue weighted by molar-refractivity contribution is 7.80. The van der Waals surface area contributed by atoms with Gasteiger partial charge in [0.05, 0.1) is 16.4 Å². The fourth-order valence-electron chi connectivity index (χ4n) is 3.98. The van der Waals surface area contributed by atoms with Crippen molar-refractivity contribution in [1.82, 2.24) is 30.0 Å². The second-order valence-electron chi connectivity index (χ2n) is 8.25. The zero-order valence-electron chi connectivity index (χ0n) is 19.6. The lowest BCUT2D eigenvalue weighted by atomic mass is 9.98. The maximum absolute atomic E-state index is 13.0. The van der Waals surface area contributed by atoms with Crippen molar-refractivity contribution >= 4 is 40.3 Å². The lowest BCUT2D eigenvalue weighted by Crippen LogP contribution is -2.43. The van der Waals surface area contributed by atoms with Gasteiger partial charge in [0.15, 0.2) is 10.9 Å². The molecule has 0 unspecified atom stereocenters. The van der Waals surface area contributed by atoms with Gasteiger partial charge in [-0.1, -0.05) is 12.2 Å². The summed E-state index contributed by atoms with van der Waals surface area (Å²) in [5.41, 5.74) is 2.87. The van der Waals surface area contributed by atoms with Gasteiger partial charge < -0.3 is 15.5 Å². The molecule has 8 nitrogen and oxygen atoms in total. The standard InChI is InChI=1S/C24H29N7OS2/c1-4-5-10-26-24(33)30-12-8-18(9-13-30)23-28-20(15-34-23)22(32)27-19-7-6-11-25-21(19)31-17(3)14-16(2)29-31/h4-7,11,14-15,18H,8-10,12-13H2,1-3H3,(H,26,33)(H,27,32). The predicted molar refractivity (Wildman–Crippen MR) is 140 cm³/mol. The van der Waals surface area contributed by atoms with E-state index in [0.717, 1.165) is 54.0 Å². The van der Waals surface area contributed by atoms with E-state index in [9.17, 15) is 4.79 Å². The number of hydrogen-bond acceptors (Lipinski definition) is 6. The van der Waals surface area contributed by atoms with Gasteiger partial charge in [-0.05, 0) is 64.0 Å². The fraction of sp³-hybridized carbons (Fsp3) is 0.375. The van der Waals surface area contributed by atoms with E-state index in [1.165, 1.54) is 0 Å². The molecule has 1 saturated heterocycles. The summed E-state index contributed by atoms with van der Waals surface area (Å²) in [5, 5.41) is 14.4. The van der Waals surface area contributed by atoms with Gasteiger partial charge in [0.1, 0.15) is 5.69 Å². The highest BCUT2D eigenvalue weighted by Gasteiger charge is 2.25. The molecular formula is C24H29N7OS2. The minimum Gasteiger partial charge on any atom is -0.359 e. The SMILES string of the molecule is CC=CCNC(=S)N1CCC(c2nc(C(=O)Nc3cccnc3-n3nc(C)cc3C)cs2)CC1. The molecule has 34 heavy (non-hydrogen) atoms. The van der Waals surface area contributed by atoms with E-state index in [1.807, 2.05) is 50.4 Å². The number of aromatic nitrogens is 4. The van der Waals surface area contributed by atoms with Gasteiger partial charge in [-0.2, -0.15) is 5.10 Å². The molecule has 0 aromatic carbocycles. The van der Waals surface area contributed by atoms with Gasteiger partial charge in [-0.25, -0.2) is 14.6 Å². The fourth-order valence-corrected chi connectivity index (χ4v) is 5.22. The van der Waals surface area contributed by atoms with Crippen LogP contribution < -0.4 is 10.6 Å². The topological polar surface area (TPSA) is 88.0 Å².